The third-order valence-electron chi connectivity index (χ3n) is 4.06. The van der Waals surface area contributed by atoms with Crippen molar-refractivity contribution in [2.75, 3.05) is 18.5 Å². The third kappa shape index (κ3) is 4.31. The molecule has 1 atom stereocenters. The molecule has 0 heterocycles. The lowest BCUT2D eigenvalue weighted by Gasteiger charge is -2.29. The first-order valence-corrected chi connectivity index (χ1v) is 7.73. The number of alkyl halides is 3. The number of carbonyl (C=O) groups excluding carboxylic acids is 1. The molecule has 1 aliphatic carbocycles. The summed E-state index contributed by atoms with van der Waals surface area (Å²) in [4.78, 5) is 12.1. The Morgan fingerprint density at radius 2 is 2.04 bits per heavy atom. The van der Waals surface area contributed by atoms with Crippen molar-refractivity contribution in [2.24, 2.45) is 5.92 Å². The van der Waals surface area contributed by atoms with Crippen LogP contribution in [-0.2, 0) is 6.18 Å². The van der Waals surface area contributed by atoms with Gasteiger partial charge in [-0.05, 0) is 50.8 Å². The average molecular weight is 346 g/mol. The van der Waals surface area contributed by atoms with Crippen molar-refractivity contribution in [1.29, 1.82) is 0 Å². The second-order valence-corrected chi connectivity index (χ2v) is 6.07. The number of anilines is 1. The van der Waals surface area contributed by atoms with Gasteiger partial charge >= 0.3 is 12.2 Å². The van der Waals surface area contributed by atoms with E-state index in [-0.39, 0.29) is 30.6 Å². The van der Waals surface area contributed by atoms with Crippen LogP contribution >= 0.6 is 0 Å². The van der Waals surface area contributed by atoms with Gasteiger partial charge in [-0.3, -0.25) is 0 Å². The molecular weight excluding hydrogens is 325 g/mol. The number of aliphatic hydroxyl groups is 1. The van der Waals surface area contributed by atoms with Gasteiger partial charge in [0.25, 0.3) is 0 Å². The van der Waals surface area contributed by atoms with Crippen LogP contribution in [0, 0.1) is 5.92 Å². The number of halogens is 3. The van der Waals surface area contributed by atoms with Crippen LogP contribution in [0.1, 0.15) is 32.3 Å². The van der Waals surface area contributed by atoms with Crippen LogP contribution in [0.25, 0.3) is 0 Å². The van der Waals surface area contributed by atoms with Crippen molar-refractivity contribution in [2.45, 2.75) is 38.4 Å². The van der Waals surface area contributed by atoms with Gasteiger partial charge in [-0.25, -0.2) is 4.79 Å². The maximum absolute atomic E-state index is 13.2. The van der Waals surface area contributed by atoms with Gasteiger partial charge in [-0.1, -0.05) is 0 Å². The van der Waals surface area contributed by atoms with Crippen LogP contribution in [0.5, 0.6) is 5.75 Å². The van der Waals surface area contributed by atoms with Gasteiger partial charge in [0.15, 0.2) is 0 Å². The summed E-state index contributed by atoms with van der Waals surface area (Å²) < 4.78 is 44.7. The fourth-order valence-electron chi connectivity index (χ4n) is 2.53. The Morgan fingerprint density at radius 1 is 1.38 bits per heavy atom. The number of amides is 2. The molecule has 0 saturated heterocycles. The smallest absolute Gasteiger partial charge is 0.418 e. The highest BCUT2D eigenvalue weighted by atomic mass is 19.4. The average Bonchev–Trinajstić information content (AvgIpc) is 3.33. The molecule has 1 unspecified atom stereocenters. The summed E-state index contributed by atoms with van der Waals surface area (Å²) in [5.41, 5.74) is -2.19. The molecule has 1 aliphatic rings. The van der Waals surface area contributed by atoms with Crippen molar-refractivity contribution >= 4 is 11.7 Å². The molecule has 1 aromatic rings. The maximum atomic E-state index is 13.2. The van der Waals surface area contributed by atoms with E-state index in [2.05, 4.69) is 10.6 Å². The summed E-state index contributed by atoms with van der Waals surface area (Å²) in [5, 5.41) is 14.2. The molecule has 2 amide bonds. The van der Waals surface area contributed by atoms with Crippen molar-refractivity contribution < 1.29 is 27.8 Å². The molecule has 8 heteroatoms. The van der Waals surface area contributed by atoms with E-state index in [1.165, 1.54) is 6.07 Å². The lowest BCUT2D eigenvalue weighted by molar-refractivity contribution is -0.137. The zero-order valence-electron chi connectivity index (χ0n) is 13.5. The first kappa shape index (κ1) is 18.4. The number of nitrogens with one attached hydrogen (secondary N) is 2. The van der Waals surface area contributed by atoms with Gasteiger partial charge in [0.05, 0.1) is 30.0 Å². The van der Waals surface area contributed by atoms with Gasteiger partial charge < -0.3 is 20.5 Å². The standard InChI is InChI=1S/C16H21F3N2O3/c1-3-24-11-6-7-13(12(8-11)16(17,18)19)20-14(23)21-15(2,9-22)10-4-5-10/h6-8,10,22H,3-5,9H2,1-2H3,(H2,20,21,23). The van der Waals surface area contributed by atoms with E-state index < -0.39 is 23.3 Å². The number of aliphatic hydroxyl groups excluding tert-OH is 1. The van der Waals surface area contributed by atoms with Gasteiger partial charge in [-0.15, -0.1) is 0 Å². The predicted octanol–water partition coefficient (Wildman–Crippen LogP) is 3.39. The number of ether oxygens (including phenoxy) is 1. The molecule has 2 rings (SSSR count). The Hall–Kier alpha value is -1.96. The van der Waals surface area contributed by atoms with E-state index in [0.29, 0.717) is 0 Å². The van der Waals surface area contributed by atoms with Crippen LogP contribution in [0.4, 0.5) is 23.7 Å². The molecule has 5 nitrogen and oxygen atoms in total. The van der Waals surface area contributed by atoms with E-state index in [4.69, 9.17) is 4.74 Å². The molecule has 134 valence electrons. The molecule has 0 spiro atoms. The Labute approximate surface area is 138 Å². The Balaban J connectivity index is 2.17. The molecule has 0 radical (unpaired) electrons. The SMILES string of the molecule is CCOc1ccc(NC(=O)NC(C)(CO)C2CC2)c(C(F)(F)F)c1. The number of hydrogen-bond acceptors (Lipinski definition) is 3. The molecular formula is C16H21F3N2O3. The molecule has 0 aromatic heterocycles. The molecule has 1 saturated carbocycles. The van der Waals surface area contributed by atoms with E-state index in [1.807, 2.05) is 0 Å². The third-order valence-corrected chi connectivity index (χ3v) is 4.06. The van der Waals surface area contributed by atoms with Gasteiger partial charge in [-0.2, -0.15) is 13.2 Å². The maximum Gasteiger partial charge on any atom is 0.418 e. The molecule has 1 fully saturated rings. The van der Waals surface area contributed by atoms with E-state index in [1.54, 1.807) is 13.8 Å². The Morgan fingerprint density at radius 3 is 2.54 bits per heavy atom. The van der Waals surface area contributed by atoms with E-state index in [9.17, 15) is 23.1 Å². The number of benzene rings is 1. The normalized spacial score (nSPS) is 17.1. The van der Waals surface area contributed by atoms with Gasteiger partial charge in [0.2, 0.25) is 0 Å². The fraction of sp³-hybridized carbons (Fsp3) is 0.562. The van der Waals surface area contributed by atoms with E-state index >= 15 is 0 Å². The van der Waals surface area contributed by atoms with Crippen LogP contribution < -0.4 is 15.4 Å². The lowest BCUT2D eigenvalue weighted by Crippen LogP contribution is -2.52. The van der Waals surface area contributed by atoms with Crippen molar-refractivity contribution in [1.82, 2.24) is 5.32 Å². The zero-order valence-corrected chi connectivity index (χ0v) is 13.5. The highest BCUT2D eigenvalue weighted by Crippen LogP contribution is 2.40. The van der Waals surface area contributed by atoms with Crippen molar-refractivity contribution in [3.05, 3.63) is 23.8 Å². The summed E-state index contributed by atoms with van der Waals surface area (Å²) in [6.45, 7) is 3.30. The van der Waals surface area contributed by atoms with E-state index in [0.717, 1.165) is 25.0 Å². The minimum absolute atomic E-state index is 0.0777. The monoisotopic (exact) mass is 346 g/mol. The van der Waals surface area contributed by atoms with Crippen molar-refractivity contribution in [3.8, 4) is 5.75 Å². The van der Waals surface area contributed by atoms with Gasteiger partial charge in [0.1, 0.15) is 5.75 Å². The summed E-state index contributed by atoms with van der Waals surface area (Å²) in [6.07, 6.45) is -2.89. The highest BCUT2D eigenvalue weighted by molar-refractivity contribution is 5.91. The number of carbonyl (C=O) groups is 1. The lowest BCUT2D eigenvalue weighted by atomic mass is 9.97. The largest absolute Gasteiger partial charge is 0.494 e. The second kappa shape index (κ2) is 6.88. The fourth-order valence-corrected chi connectivity index (χ4v) is 2.53. The zero-order chi connectivity index (χ0) is 18.0. The summed E-state index contributed by atoms with van der Waals surface area (Å²) >= 11 is 0. The summed E-state index contributed by atoms with van der Waals surface area (Å²) in [7, 11) is 0. The first-order valence-electron chi connectivity index (χ1n) is 7.73. The van der Waals surface area contributed by atoms with Crippen LogP contribution in [-0.4, -0.2) is 29.9 Å². The molecule has 0 bridgehead atoms. The highest BCUT2D eigenvalue weighted by Gasteiger charge is 2.42. The second-order valence-electron chi connectivity index (χ2n) is 6.07. The van der Waals surface area contributed by atoms with Crippen molar-refractivity contribution in [3.63, 3.8) is 0 Å². The summed E-state index contributed by atoms with van der Waals surface area (Å²) in [5.74, 6) is 0.213. The van der Waals surface area contributed by atoms with Crippen LogP contribution in [0.15, 0.2) is 18.2 Å². The summed E-state index contributed by atoms with van der Waals surface area (Å²) in [6, 6.07) is 2.58. The quantitative estimate of drug-likeness (QED) is 0.739. The number of hydrogen-bond donors (Lipinski definition) is 3. The number of rotatable bonds is 6. The minimum atomic E-state index is -4.63. The minimum Gasteiger partial charge on any atom is -0.494 e. The molecule has 1 aromatic carbocycles. The van der Waals surface area contributed by atoms with Crippen LogP contribution in [0.3, 0.4) is 0 Å². The van der Waals surface area contributed by atoms with Crippen LogP contribution in [0.2, 0.25) is 0 Å². The molecule has 24 heavy (non-hydrogen) atoms. The topological polar surface area (TPSA) is 70.6 Å². The van der Waals surface area contributed by atoms with Gasteiger partial charge in [0, 0.05) is 0 Å². The predicted molar refractivity (Wildman–Crippen MR) is 83.0 cm³/mol. The molecule has 3 N–H and O–H groups in total. The Bertz CT molecular complexity index is 603. The molecule has 0 aliphatic heterocycles. The first-order chi connectivity index (χ1) is 11.2. The number of urea groups is 1. The Kier molecular flexibility index (Phi) is 5.27.